The number of phenolic OH excluding ortho intramolecular Hbond substituents is 1. The van der Waals surface area contributed by atoms with Crippen molar-refractivity contribution in [2.75, 3.05) is 10.7 Å². The molecule has 1 aliphatic heterocycles. The summed E-state index contributed by atoms with van der Waals surface area (Å²) in [5, 5.41) is 11.0. The first-order valence-electron chi connectivity index (χ1n) is 8.02. The fourth-order valence-electron chi connectivity index (χ4n) is 3.06. The van der Waals surface area contributed by atoms with Gasteiger partial charge in [-0.05, 0) is 48.2 Å². The molecule has 0 aliphatic carbocycles. The summed E-state index contributed by atoms with van der Waals surface area (Å²) in [5.74, 6) is 0.771. The standard InChI is InChI=1S/C19H19Cl2NO2S/c1-10(2)12-8-15(11(3)7-16(12)23)22-17(24)9-25-19(22)18-13(20)5-4-6-14(18)21/h4-8,10,19,23H,9H2,1-3H3. The molecule has 1 fully saturated rings. The highest BCUT2D eigenvalue weighted by Gasteiger charge is 2.37. The number of benzene rings is 2. The lowest BCUT2D eigenvalue weighted by Gasteiger charge is -2.28. The van der Waals surface area contributed by atoms with E-state index in [-0.39, 0.29) is 22.9 Å². The smallest absolute Gasteiger partial charge is 0.238 e. The molecule has 0 bridgehead atoms. The number of thioether (sulfide) groups is 1. The predicted molar refractivity (Wildman–Crippen MR) is 106 cm³/mol. The van der Waals surface area contributed by atoms with Gasteiger partial charge in [-0.15, -0.1) is 11.8 Å². The van der Waals surface area contributed by atoms with Crippen molar-refractivity contribution in [3.63, 3.8) is 0 Å². The Balaban J connectivity index is 2.14. The van der Waals surface area contributed by atoms with Gasteiger partial charge in [0.25, 0.3) is 0 Å². The van der Waals surface area contributed by atoms with Crippen LogP contribution in [0.4, 0.5) is 5.69 Å². The van der Waals surface area contributed by atoms with E-state index in [9.17, 15) is 9.90 Å². The fourth-order valence-corrected chi connectivity index (χ4v) is 5.04. The molecule has 1 atom stereocenters. The Morgan fingerprint density at radius 3 is 2.48 bits per heavy atom. The number of halogens is 2. The van der Waals surface area contributed by atoms with Crippen molar-refractivity contribution in [1.82, 2.24) is 0 Å². The SMILES string of the molecule is Cc1cc(O)c(C(C)C)cc1N1C(=O)CSC1c1c(Cl)cccc1Cl. The maximum Gasteiger partial charge on any atom is 0.238 e. The zero-order valence-electron chi connectivity index (χ0n) is 14.2. The van der Waals surface area contributed by atoms with E-state index in [1.807, 2.05) is 26.8 Å². The van der Waals surface area contributed by atoms with Crippen molar-refractivity contribution in [2.45, 2.75) is 32.1 Å². The molecule has 1 saturated heterocycles. The van der Waals surface area contributed by atoms with E-state index in [1.54, 1.807) is 29.2 Å². The molecule has 1 aliphatic rings. The molecule has 0 saturated carbocycles. The second-order valence-electron chi connectivity index (χ2n) is 6.41. The monoisotopic (exact) mass is 395 g/mol. The van der Waals surface area contributed by atoms with E-state index in [0.717, 1.165) is 22.4 Å². The van der Waals surface area contributed by atoms with Crippen LogP contribution in [0.3, 0.4) is 0 Å². The summed E-state index contributed by atoms with van der Waals surface area (Å²) in [4.78, 5) is 14.4. The van der Waals surface area contributed by atoms with Crippen LogP contribution in [0, 0.1) is 6.92 Å². The van der Waals surface area contributed by atoms with Crippen LogP contribution in [0.1, 0.15) is 41.8 Å². The van der Waals surface area contributed by atoms with E-state index in [1.165, 1.54) is 11.8 Å². The van der Waals surface area contributed by atoms with E-state index in [4.69, 9.17) is 23.2 Å². The molecule has 0 radical (unpaired) electrons. The number of anilines is 1. The van der Waals surface area contributed by atoms with Gasteiger partial charge < -0.3 is 5.11 Å². The molecular formula is C19H19Cl2NO2S. The average Bonchev–Trinajstić information content (AvgIpc) is 2.88. The summed E-state index contributed by atoms with van der Waals surface area (Å²) in [6, 6.07) is 8.98. The number of amides is 1. The highest BCUT2D eigenvalue weighted by atomic mass is 35.5. The molecule has 1 amide bonds. The number of rotatable bonds is 3. The van der Waals surface area contributed by atoms with Gasteiger partial charge in [0, 0.05) is 21.3 Å². The second kappa shape index (κ2) is 7.10. The Labute approximate surface area is 161 Å². The van der Waals surface area contributed by atoms with E-state index < -0.39 is 0 Å². The van der Waals surface area contributed by atoms with Gasteiger partial charge in [0.2, 0.25) is 5.91 Å². The molecule has 0 spiro atoms. The van der Waals surface area contributed by atoms with Crippen LogP contribution >= 0.6 is 35.0 Å². The van der Waals surface area contributed by atoms with Crippen LogP contribution in [0.2, 0.25) is 10.0 Å². The zero-order chi connectivity index (χ0) is 18.3. The van der Waals surface area contributed by atoms with Crippen molar-refractivity contribution in [2.24, 2.45) is 0 Å². The zero-order valence-corrected chi connectivity index (χ0v) is 16.5. The molecule has 25 heavy (non-hydrogen) atoms. The summed E-state index contributed by atoms with van der Waals surface area (Å²) >= 11 is 14.3. The van der Waals surface area contributed by atoms with Crippen LogP contribution < -0.4 is 4.90 Å². The molecular weight excluding hydrogens is 377 g/mol. The number of hydrogen-bond acceptors (Lipinski definition) is 3. The van der Waals surface area contributed by atoms with Crippen LogP contribution in [-0.4, -0.2) is 16.8 Å². The minimum Gasteiger partial charge on any atom is -0.508 e. The van der Waals surface area contributed by atoms with Crippen LogP contribution in [-0.2, 0) is 4.79 Å². The first-order valence-corrected chi connectivity index (χ1v) is 9.82. The van der Waals surface area contributed by atoms with Gasteiger partial charge in [0.15, 0.2) is 0 Å². The number of carbonyl (C=O) groups excluding carboxylic acids is 1. The molecule has 1 unspecified atom stereocenters. The lowest BCUT2D eigenvalue weighted by atomic mass is 9.98. The average molecular weight is 396 g/mol. The minimum atomic E-state index is -0.281. The van der Waals surface area contributed by atoms with Gasteiger partial charge in [-0.2, -0.15) is 0 Å². The second-order valence-corrected chi connectivity index (χ2v) is 8.30. The third-order valence-corrected chi connectivity index (χ3v) is 6.18. The lowest BCUT2D eigenvalue weighted by molar-refractivity contribution is -0.115. The highest BCUT2D eigenvalue weighted by Crippen LogP contribution is 2.48. The number of carbonyl (C=O) groups is 1. The van der Waals surface area contributed by atoms with Crippen molar-refractivity contribution in [3.05, 3.63) is 57.1 Å². The van der Waals surface area contributed by atoms with Crippen molar-refractivity contribution in [3.8, 4) is 5.75 Å². The number of phenols is 1. The fraction of sp³-hybridized carbons (Fsp3) is 0.316. The van der Waals surface area contributed by atoms with Crippen LogP contribution in [0.15, 0.2) is 30.3 Å². The van der Waals surface area contributed by atoms with Crippen LogP contribution in [0.25, 0.3) is 0 Å². The minimum absolute atomic E-state index is 0.00878. The topological polar surface area (TPSA) is 40.5 Å². The molecule has 2 aromatic carbocycles. The summed E-state index contributed by atoms with van der Waals surface area (Å²) in [5.41, 5.74) is 3.19. The van der Waals surface area contributed by atoms with Gasteiger partial charge >= 0.3 is 0 Å². The Bertz CT molecular complexity index is 818. The summed E-state index contributed by atoms with van der Waals surface area (Å²) in [7, 11) is 0. The van der Waals surface area contributed by atoms with Crippen molar-refractivity contribution in [1.29, 1.82) is 0 Å². The molecule has 6 heteroatoms. The highest BCUT2D eigenvalue weighted by molar-refractivity contribution is 8.00. The first kappa shape index (κ1) is 18.4. The third kappa shape index (κ3) is 3.35. The summed E-state index contributed by atoms with van der Waals surface area (Å²) in [6.45, 7) is 5.91. The van der Waals surface area contributed by atoms with Gasteiger partial charge in [0.1, 0.15) is 11.1 Å². The molecule has 1 heterocycles. The maximum absolute atomic E-state index is 12.7. The van der Waals surface area contributed by atoms with Gasteiger partial charge in [-0.25, -0.2) is 0 Å². The van der Waals surface area contributed by atoms with Gasteiger partial charge in [-0.3, -0.25) is 9.69 Å². The van der Waals surface area contributed by atoms with E-state index in [2.05, 4.69) is 0 Å². The summed E-state index contributed by atoms with van der Waals surface area (Å²) in [6.07, 6.45) is 0. The maximum atomic E-state index is 12.7. The Morgan fingerprint density at radius 2 is 1.88 bits per heavy atom. The predicted octanol–water partition coefficient (Wildman–Crippen LogP) is 5.91. The Morgan fingerprint density at radius 1 is 1.24 bits per heavy atom. The molecule has 1 N–H and O–H groups in total. The largest absolute Gasteiger partial charge is 0.508 e. The number of hydrogen-bond donors (Lipinski definition) is 1. The Kier molecular flexibility index (Phi) is 5.24. The first-order chi connectivity index (χ1) is 11.8. The van der Waals surface area contributed by atoms with Crippen molar-refractivity contribution >= 4 is 46.6 Å². The quantitative estimate of drug-likeness (QED) is 0.701. The van der Waals surface area contributed by atoms with E-state index >= 15 is 0 Å². The normalized spacial score (nSPS) is 17.6. The molecule has 3 rings (SSSR count). The molecule has 2 aromatic rings. The third-order valence-electron chi connectivity index (χ3n) is 4.34. The lowest BCUT2D eigenvalue weighted by Crippen LogP contribution is -2.29. The molecule has 132 valence electrons. The Hall–Kier alpha value is -1.36. The van der Waals surface area contributed by atoms with Gasteiger partial charge in [-0.1, -0.05) is 43.1 Å². The van der Waals surface area contributed by atoms with E-state index in [0.29, 0.717) is 15.8 Å². The molecule has 0 aromatic heterocycles. The number of aryl methyl sites for hydroxylation is 1. The molecule has 3 nitrogen and oxygen atoms in total. The van der Waals surface area contributed by atoms with Gasteiger partial charge in [0.05, 0.1) is 5.75 Å². The number of nitrogens with zero attached hydrogens (tertiary/aromatic N) is 1. The van der Waals surface area contributed by atoms with Crippen molar-refractivity contribution < 1.29 is 9.90 Å². The van der Waals surface area contributed by atoms with Crippen LogP contribution in [0.5, 0.6) is 5.75 Å². The number of aromatic hydroxyl groups is 1. The summed E-state index contributed by atoms with van der Waals surface area (Å²) < 4.78 is 0.